The highest BCUT2D eigenvalue weighted by Crippen LogP contribution is 2.16. The van der Waals surface area contributed by atoms with Gasteiger partial charge in [-0.25, -0.2) is 8.42 Å². The van der Waals surface area contributed by atoms with Crippen LogP contribution in [-0.2, 0) is 16.4 Å². The first-order valence-corrected chi connectivity index (χ1v) is 8.80. The molecule has 0 bridgehead atoms. The number of sulfone groups is 1. The van der Waals surface area contributed by atoms with E-state index in [1.807, 2.05) is 31.4 Å². The van der Waals surface area contributed by atoms with Crippen molar-refractivity contribution in [3.63, 3.8) is 0 Å². The summed E-state index contributed by atoms with van der Waals surface area (Å²) in [7, 11) is -3.04. The van der Waals surface area contributed by atoms with Crippen LogP contribution in [0.3, 0.4) is 0 Å². The molecule has 0 radical (unpaired) electrons. The minimum absolute atomic E-state index is 0.162. The fourth-order valence-electron chi connectivity index (χ4n) is 1.67. The molecule has 104 valence electrons. The van der Waals surface area contributed by atoms with Gasteiger partial charge in [-0.15, -0.1) is 11.3 Å². The third-order valence-corrected chi connectivity index (χ3v) is 7.07. The summed E-state index contributed by atoms with van der Waals surface area (Å²) in [6.07, 6.45) is 0. The van der Waals surface area contributed by atoms with E-state index in [0.717, 1.165) is 6.54 Å². The third kappa shape index (κ3) is 4.07. The zero-order chi connectivity index (χ0) is 13.8. The van der Waals surface area contributed by atoms with Gasteiger partial charge in [0.1, 0.15) is 0 Å². The molecular weight excluding hydrogens is 266 g/mol. The van der Waals surface area contributed by atoms with Crippen molar-refractivity contribution in [3.05, 3.63) is 22.4 Å². The summed E-state index contributed by atoms with van der Waals surface area (Å²) in [4.78, 5) is 1.23. The fourth-order valence-corrected chi connectivity index (χ4v) is 4.19. The molecule has 1 aromatic rings. The number of rotatable bonds is 7. The van der Waals surface area contributed by atoms with Crippen molar-refractivity contribution < 1.29 is 8.42 Å². The molecule has 0 amide bonds. The first-order chi connectivity index (χ1) is 8.35. The van der Waals surface area contributed by atoms with Crippen molar-refractivity contribution in [1.82, 2.24) is 5.32 Å². The second kappa shape index (κ2) is 6.68. The largest absolute Gasteiger partial charge is 0.311 e. The van der Waals surface area contributed by atoms with Gasteiger partial charge in [0.05, 0.1) is 10.5 Å². The zero-order valence-corrected chi connectivity index (χ0v) is 13.1. The number of hydrogen-bond donors (Lipinski definition) is 1. The molecule has 1 heterocycles. The van der Waals surface area contributed by atoms with Gasteiger partial charge in [0.2, 0.25) is 0 Å². The Morgan fingerprint density at radius 1 is 1.28 bits per heavy atom. The highest BCUT2D eigenvalue weighted by molar-refractivity contribution is 7.92. The van der Waals surface area contributed by atoms with Crippen LogP contribution in [0.25, 0.3) is 0 Å². The lowest BCUT2D eigenvalue weighted by molar-refractivity contribution is 0.528. The van der Waals surface area contributed by atoms with Gasteiger partial charge in [0, 0.05) is 18.0 Å². The van der Waals surface area contributed by atoms with E-state index in [4.69, 9.17) is 0 Å². The lowest BCUT2D eigenvalue weighted by atomic mass is 10.2. The first kappa shape index (κ1) is 15.7. The lowest BCUT2D eigenvalue weighted by Gasteiger charge is -2.21. The molecule has 1 rings (SSSR count). The smallest absolute Gasteiger partial charge is 0.156 e. The molecule has 2 unspecified atom stereocenters. The van der Waals surface area contributed by atoms with E-state index in [0.29, 0.717) is 6.54 Å². The molecule has 18 heavy (non-hydrogen) atoms. The van der Waals surface area contributed by atoms with Crippen molar-refractivity contribution in [2.75, 3.05) is 6.54 Å². The Kier molecular flexibility index (Phi) is 5.82. The number of thiophene rings is 1. The van der Waals surface area contributed by atoms with Crippen LogP contribution in [0.4, 0.5) is 0 Å². The van der Waals surface area contributed by atoms with E-state index in [1.165, 1.54) is 4.88 Å². The van der Waals surface area contributed by atoms with Gasteiger partial charge in [-0.3, -0.25) is 0 Å². The summed E-state index contributed by atoms with van der Waals surface area (Å²) in [5, 5.41) is 4.62. The van der Waals surface area contributed by atoms with E-state index in [-0.39, 0.29) is 16.4 Å². The Balaban J connectivity index is 2.47. The summed E-state index contributed by atoms with van der Waals surface area (Å²) in [6.45, 7) is 8.75. The molecular formula is C13H23NO2S2. The van der Waals surface area contributed by atoms with E-state index in [9.17, 15) is 8.42 Å². The molecule has 0 saturated heterocycles. The number of nitrogens with one attached hydrogen (secondary N) is 1. The maximum Gasteiger partial charge on any atom is 0.156 e. The Morgan fingerprint density at radius 3 is 2.44 bits per heavy atom. The summed E-state index contributed by atoms with van der Waals surface area (Å²) in [5.74, 6) is 0.162. The van der Waals surface area contributed by atoms with Crippen LogP contribution in [0.5, 0.6) is 0 Å². The second-order valence-electron chi connectivity index (χ2n) is 5.06. The highest BCUT2D eigenvalue weighted by Gasteiger charge is 2.29. The molecule has 1 aromatic heterocycles. The lowest BCUT2D eigenvalue weighted by Crippen LogP contribution is -2.37. The van der Waals surface area contributed by atoms with Crippen LogP contribution in [0.15, 0.2) is 17.5 Å². The topological polar surface area (TPSA) is 46.2 Å². The van der Waals surface area contributed by atoms with Crippen molar-refractivity contribution in [1.29, 1.82) is 0 Å². The van der Waals surface area contributed by atoms with Gasteiger partial charge in [0.15, 0.2) is 9.84 Å². The molecule has 0 aliphatic heterocycles. The summed E-state index contributed by atoms with van der Waals surface area (Å²) >= 11 is 1.68. The Morgan fingerprint density at radius 2 is 1.94 bits per heavy atom. The molecule has 3 nitrogen and oxygen atoms in total. The summed E-state index contributed by atoms with van der Waals surface area (Å²) in [6, 6.07) is 4.05. The highest BCUT2D eigenvalue weighted by atomic mass is 32.2. The van der Waals surface area contributed by atoms with Crippen LogP contribution in [0.2, 0.25) is 0 Å². The fraction of sp³-hybridized carbons (Fsp3) is 0.692. The van der Waals surface area contributed by atoms with E-state index < -0.39 is 9.84 Å². The number of hydrogen-bond acceptors (Lipinski definition) is 4. The van der Waals surface area contributed by atoms with Crippen molar-refractivity contribution in [3.8, 4) is 0 Å². The third-order valence-electron chi connectivity index (χ3n) is 3.33. The minimum atomic E-state index is -3.04. The van der Waals surface area contributed by atoms with Crippen LogP contribution >= 0.6 is 11.3 Å². The predicted octanol–water partition coefficient (Wildman–Crippen LogP) is 2.69. The summed E-state index contributed by atoms with van der Waals surface area (Å²) in [5.41, 5.74) is 0. The molecule has 0 saturated carbocycles. The Labute approximate surface area is 115 Å². The predicted molar refractivity (Wildman–Crippen MR) is 78.7 cm³/mol. The van der Waals surface area contributed by atoms with Crippen molar-refractivity contribution in [2.45, 2.75) is 44.7 Å². The first-order valence-electron chi connectivity index (χ1n) is 6.31. The Bertz CT molecular complexity index is 438. The summed E-state index contributed by atoms with van der Waals surface area (Å²) < 4.78 is 24.5. The zero-order valence-electron chi connectivity index (χ0n) is 11.5. The van der Waals surface area contributed by atoms with E-state index >= 15 is 0 Å². The maximum absolute atomic E-state index is 12.2. The van der Waals surface area contributed by atoms with Gasteiger partial charge < -0.3 is 5.32 Å². The molecule has 2 atom stereocenters. The van der Waals surface area contributed by atoms with E-state index in [2.05, 4.69) is 5.32 Å². The molecule has 0 aromatic carbocycles. The average Bonchev–Trinajstić information content (AvgIpc) is 2.80. The average molecular weight is 289 g/mol. The van der Waals surface area contributed by atoms with Gasteiger partial charge in [-0.05, 0) is 31.2 Å². The second-order valence-corrected chi connectivity index (χ2v) is 8.82. The monoisotopic (exact) mass is 289 g/mol. The molecule has 5 heteroatoms. The quantitative estimate of drug-likeness (QED) is 0.839. The Hall–Kier alpha value is -0.390. The standard InChI is InChI=1S/C13H23NO2S2/c1-10(2)12(4)18(15,16)11(3)8-14-9-13-6-5-7-17-13/h5-7,10-12,14H,8-9H2,1-4H3. The normalized spacial score (nSPS) is 15.8. The van der Waals surface area contributed by atoms with Gasteiger partial charge in [-0.2, -0.15) is 0 Å². The molecule has 0 aliphatic rings. The van der Waals surface area contributed by atoms with Crippen LogP contribution < -0.4 is 5.32 Å². The van der Waals surface area contributed by atoms with Crippen molar-refractivity contribution >= 4 is 21.2 Å². The van der Waals surface area contributed by atoms with E-state index in [1.54, 1.807) is 25.2 Å². The molecule has 0 spiro atoms. The van der Waals surface area contributed by atoms with Gasteiger partial charge in [-0.1, -0.05) is 19.9 Å². The minimum Gasteiger partial charge on any atom is -0.311 e. The van der Waals surface area contributed by atoms with Gasteiger partial charge >= 0.3 is 0 Å². The molecule has 0 fully saturated rings. The van der Waals surface area contributed by atoms with Crippen LogP contribution in [0.1, 0.15) is 32.6 Å². The maximum atomic E-state index is 12.2. The van der Waals surface area contributed by atoms with Gasteiger partial charge in [0.25, 0.3) is 0 Å². The SMILES string of the molecule is CC(C)C(C)S(=O)(=O)C(C)CNCc1cccs1. The molecule has 0 aliphatic carbocycles. The van der Waals surface area contributed by atoms with Crippen LogP contribution in [0, 0.1) is 5.92 Å². The van der Waals surface area contributed by atoms with Crippen molar-refractivity contribution in [2.24, 2.45) is 5.92 Å². The molecule has 1 N–H and O–H groups in total. The van der Waals surface area contributed by atoms with Crippen LogP contribution in [-0.4, -0.2) is 25.5 Å².